The molecule has 2 rings (SSSR count). The number of nitrogens with zero attached hydrogens (tertiary/aromatic N) is 1. The molecule has 0 aliphatic carbocycles. The summed E-state index contributed by atoms with van der Waals surface area (Å²) in [6, 6.07) is 5.01. The van der Waals surface area contributed by atoms with Crippen molar-refractivity contribution in [3.63, 3.8) is 0 Å². The van der Waals surface area contributed by atoms with Gasteiger partial charge >= 0.3 is 0 Å². The van der Waals surface area contributed by atoms with E-state index in [9.17, 15) is 4.39 Å². The van der Waals surface area contributed by atoms with E-state index in [1.807, 2.05) is 13.0 Å². The quantitative estimate of drug-likeness (QED) is 0.470. The zero-order chi connectivity index (χ0) is 12.3. The highest BCUT2D eigenvalue weighted by Crippen LogP contribution is 2.21. The van der Waals surface area contributed by atoms with Gasteiger partial charge in [-0.05, 0) is 50.6 Å². The van der Waals surface area contributed by atoms with E-state index in [4.69, 9.17) is 5.21 Å². The van der Waals surface area contributed by atoms with Crippen molar-refractivity contribution in [3.8, 4) is 0 Å². The van der Waals surface area contributed by atoms with Crippen LogP contribution in [0, 0.1) is 18.7 Å². The first-order valence-electron chi connectivity index (χ1n) is 5.91. The van der Waals surface area contributed by atoms with Gasteiger partial charge in [0.05, 0.1) is 5.71 Å². The van der Waals surface area contributed by atoms with Gasteiger partial charge in [-0.25, -0.2) is 4.39 Å². The number of piperidine rings is 1. The van der Waals surface area contributed by atoms with E-state index in [1.165, 1.54) is 6.07 Å². The molecule has 1 aromatic rings. The van der Waals surface area contributed by atoms with Crippen LogP contribution in [0.15, 0.2) is 23.4 Å². The van der Waals surface area contributed by atoms with Gasteiger partial charge in [0, 0.05) is 11.5 Å². The Labute approximate surface area is 100 Å². The largest absolute Gasteiger partial charge is 0.411 e. The highest BCUT2D eigenvalue weighted by molar-refractivity contribution is 6.02. The first-order chi connectivity index (χ1) is 8.22. The Hall–Kier alpha value is -1.42. The third-order valence-corrected chi connectivity index (χ3v) is 3.23. The summed E-state index contributed by atoms with van der Waals surface area (Å²) in [5.74, 6) is -0.171. The third kappa shape index (κ3) is 2.64. The number of halogens is 1. The van der Waals surface area contributed by atoms with Crippen molar-refractivity contribution in [2.75, 3.05) is 13.1 Å². The van der Waals surface area contributed by atoms with Crippen molar-refractivity contribution in [3.05, 3.63) is 35.1 Å². The Balaban J connectivity index is 2.28. The molecule has 0 atom stereocenters. The monoisotopic (exact) mass is 236 g/mol. The lowest BCUT2D eigenvalue weighted by Crippen LogP contribution is -2.32. The van der Waals surface area contributed by atoms with Crippen molar-refractivity contribution in [2.24, 2.45) is 11.1 Å². The van der Waals surface area contributed by atoms with Crippen molar-refractivity contribution in [1.29, 1.82) is 0 Å². The van der Waals surface area contributed by atoms with Crippen LogP contribution in [0.3, 0.4) is 0 Å². The van der Waals surface area contributed by atoms with Gasteiger partial charge in [0.15, 0.2) is 0 Å². The van der Waals surface area contributed by atoms with Gasteiger partial charge < -0.3 is 10.5 Å². The lowest BCUT2D eigenvalue weighted by atomic mass is 9.88. The van der Waals surface area contributed by atoms with Crippen LogP contribution in [0.1, 0.15) is 24.0 Å². The van der Waals surface area contributed by atoms with Crippen LogP contribution in [0.4, 0.5) is 4.39 Å². The number of hydrogen-bond acceptors (Lipinski definition) is 3. The van der Waals surface area contributed by atoms with Gasteiger partial charge in [0.25, 0.3) is 0 Å². The molecule has 0 amide bonds. The van der Waals surface area contributed by atoms with Crippen molar-refractivity contribution >= 4 is 5.71 Å². The predicted octanol–water partition coefficient (Wildman–Crippen LogP) is 2.31. The maximum Gasteiger partial charge on any atom is 0.132 e. The summed E-state index contributed by atoms with van der Waals surface area (Å²) >= 11 is 0. The Bertz CT molecular complexity index is 425. The Morgan fingerprint density at radius 2 is 2.12 bits per heavy atom. The summed E-state index contributed by atoms with van der Waals surface area (Å²) in [5, 5.41) is 15.7. The molecule has 1 fully saturated rings. The van der Waals surface area contributed by atoms with Crippen molar-refractivity contribution in [2.45, 2.75) is 19.8 Å². The molecule has 2 N–H and O–H groups in total. The van der Waals surface area contributed by atoms with Crippen molar-refractivity contribution in [1.82, 2.24) is 5.32 Å². The van der Waals surface area contributed by atoms with E-state index < -0.39 is 0 Å². The zero-order valence-electron chi connectivity index (χ0n) is 9.91. The Morgan fingerprint density at radius 1 is 1.41 bits per heavy atom. The molecule has 0 aromatic heterocycles. The topological polar surface area (TPSA) is 44.6 Å². The van der Waals surface area contributed by atoms with Crippen LogP contribution in [0.25, 0.3) is 0 Å². The number of aryl methyl sites for hydroxylation is 1. The van der Waals surface area contributed by atoms with Gasteiger partial charge in [-0.3, -0.25) is 0 Å². The smallest absolute Gasteiger partial charge is 0.132 e. The second kappa shape index (κ2) is 5.27. The standard InChI is InChI=1S/C13H17FN2O/c1-9-2-3-11(12(14)8-9)13(16-17)10-4-6-15-7-5-10/h2-3,8,10,15,17H,4-7H2,1H3/b16-13-. The molecule has 3 nitrogen and oxygen atoms in total. The summed E-state index contributed by atoms with van der Waals surface area (Å²) in [5.41, 5.74) is 1.77. The highest BCUT2D eigenvalue weighted by atomic mass is 19.1. The molecule has 0 spiro atoms. The minimum absolute atomic E-state index is 0.137. The molecule has 0 unspecified atom stereocenters. The highest BCUT2D eigenvalue weighted by Gasteiger charge is 2.23. The molecular weight excluding hydrogens is 219 g/mol. The van der Waals surface area contributed by atoms with E-state index in [2.05, 4.69) is 10.5 Å². The Morgan fingerprint density at radius 3 is 2.71 bits per heavy atom. The third-order valence-electron chi connectivity index (χ3n) is 3.23. The molecule has 0 radical (unpaired) electrons. The maximum absolute atomic E-state index is 13.8. The molecule has 1 aliphatic heterocycles. The van der Waals surface area contributed by atoms with Crippen LogP contribution in [-0.2, 0) is 0 Å². The Kier molecular flexibility index (Phi) is 3.74. The maximum atomic E-state index is 13.8. The molecule has 1 saturated heterocycles. The summed E-state index contributed by atoms with van der Waals surface area (Å²) < 4.78 is 13.8. The summed E-state index contributed by atoms with van der Waals surface area (Å²) in [6.45, 7) is 3.61. The molecule has 0 bridgehead atoms. The number of hydrogen-bond donors (Lipinski definition) is 2. The minimum Gasteiger partial charge on any atom is -0.411 e. The first kappa shape index (κ1) is 12.0. The molecule has 4 heteroatoms. The van der Waals surface area contributed by atoms with E-state index in [0.29, 0.717) is 11.3 Å². The molecule has 1 aliphatic rings. The average molecular weight is 236 g/mol. The second-order valence-corrected chi connectivity index (χ2v) is 4.49. The summed E-state index contributed by atoms with van der Waals surface area (Å²) in [4.78, 5) is 0. The lowest BCUT2D eigenvalue weighted by Gasteiger charge is -2.23. The normalized spacial score (nSPS) is 18.4. The molecular formula is C13H17FN2O. The van der Waals surface area contributed by atoms with Crippen LogP contribution in [0.5, 0.6) is 0 Å². The number of rotatable bonds is 2. The fourth-order valence-electron chi connectivity index (χ4n) is 2.28. The van der Waals surface area contributed by atoms with Gasteiger partial charge in [0.1, 0.15) is 5.82 Å². The fraction of sp³-hybridized carbons (Fsp3) is 0.462. The van der Waals surface area contributed by atoms with Gasteiger partial charge in [-0.1, -0.05) is 11.2 Å². The van der Waals surface area contributed by atoms with Crippen LogP contribution in [-0.4, -0.2) is 24.0 Å². The SMILES string of the molecule is Cc1ccc(/C(=N\O)C2CCNCC2)c(F)c1. The van der Waals surface area contributed by atoms with Crippen molar-refractivity contribution < 1.29 is 9.60 Å². The molecule has 17 heavy (non-hydrogen) atoms. The molecule has 0 saturated carbocycles. The van der Waals surface area contributed by atoms with E-state index >= 15 is 0 Å². The number of benzene rings is 1. The minimum atomic E-state index is -0.309. The van der Waals surface area contributed by atoms with Gasteiger partial charge in [-0.15, -0.1) is 0 Å². The average Bonchev–Trinajstić information content (AvgIpc) is 2.34. The molecule has 92 valence electrons. The van der Waals surface area contributed by atoms with E-state index in [-0.39, 0.29) is 11.7 Å². The predicted molar refractivity (Wildman–Crippen MR) is 65.1 cm³/mol. The zero-order valence-corrected chi connectivity index (χ0v) is 9.91. The first-order valence-corrected chi connectivity index (χ1v) is 5.91. The fourth-order valence-corrected chi connectivity index (χ4v) is 2.28. The van der Waals surface area contributed by atoms with Gasteiger partial charge in [-0.2, -0.15) is 0 Å². The second-order valence-electron chi connectivity index (χ2n) is 4.49. The number of oxime groups is 1. The van der Waals surface area contributed by atoms with Crippen LogP contribution < -0.4 is 5.32 Å². The summed E-state index contributed by atoms with van der Waals surface area (Å²) in [7, 11) is 0. The summed E-state index contributed by atoms with van der Waals surface area (Å²) in [6.07, 6.45) is 1.76. The van der Waals surface area contributed by atoms with E-state index in [1.54, 1.807) is 6.07 Å². The molecule has 1 heterocycles. The molecule has 1 aromatic carbocycles. The van der Waals surface area contributed by atoms with Crippen LogP contribution in [0.2, 0.25) is 0 Å². The number of nitrogens with one attached hydrogen (secondary N) is 1. The van der Waals surface area contributed by atoms with E-state index in [0.717, 1.165) is 31.5 Å². The van der Waals surface area contributed by atoms with Gasteiger partial charge in [0.2, 0.25) is 0 Å². The lowest BCUT2D eigenvalue weighted by molar-refractivity contribution is 0.311. The van der Waals surface area contributed by atoms with Crippen LogP contribution >= 0.6 is 0 Å².